The summed E-state index contributed by atoms with van der Waals surface area (Å²) in [7, 11) is 1.63. The van der Waals surface area contributed by atoms with E-state index in [2.05, 4.69) is 6.92 Å². The van der Waals surface area contributed by atoms with Crippen molar-refractivity contribution in [2.45, 2.75) is 26.2 Å². The number of aryl methyl sites for hydroxylation is 1. The van der Waals surface area contributed by atoms with Crippen LogP contribution in [-0.2, 0) is 6.42 Å². The molecule has 1 heterocycles. The molecule has 0 unspecified atom stereocenters. The zero-order valence-electron chi connectivity index (χ0n) is 13.5. The van der Waals surface area contributed by atoms with Gasteiger partial charge in [0.2, 0.25) is 0 Å². The van der Waals surface area contributed by atoms with Crippen LogP contribution >= 0.6 is 0 Å². The molecule has 0 aliphatic carbocycles. The molecule has 1 aromatic heterocycles. The molecule has 0 saturated heterocycles. The average Bonchev–Trinajstić information content (AvgIpc) is 2.60. The van der Waals surface area contributed by atoms with Crippen molar-refractivity contribution >= 4 is 10.9 Å². The number of unbranched alkanes of at least 4 members (excludes halogenated alkanes) is 1. The highest BCUT2D eigenvalue weighted by atomic mass is 16.5. The summed E-state index contributed by atoms with van der Waals surface area (Å²) in [5, 5.41) is 0.642. The number of nitrogens with zero attached hydrogens (tertiary/aromatic N) is 2. The van der Waals surface area contributed by atoms with Crippen LogP contribution in [0, 0.1) is 0 Å². The Morgan fingerprint density at radius 2 is 1.83 bits per heavy atom. The van der Waals surface area contributed by atoms with Crippen molar-refractivity contribution in [3.8, 4) is 11.4 Å². The van der Waals surface area contributed by atoms with Crippen molar-refractivity contribution < 1.29 is 4.74 Å². The highest BCUT2D eigenvalue weighted by Gasteiger charge is 2.12. The summed E-state index contributed by atoms with van der Waals surface area (Å²) in [5.41, 5.74) is 1.56. The van der Waals surface area contributed by atoms with Gasteiger partial charge in [-0.2, -0.15) is 0 Å². The SMILES string of the molecule is CCCCc1nc2ccccc2c(=O)n1-c1ccc(OC)cc1. The Bertz CT molecular complexity index is 867. The summed E-state index contributed by atoms with van der Waals surface area (Å²) >= 11 is 0. The van der Waals surface area contributed by atoms with Crippen LogP contribution in [0.1, 0.15) is 25.6 Å². The van der Waals surface area contributed by atoms with E-state index < -0.39 is 0 Å². The van der Waals surface area contributed by atoms with Gasteiger partial charge >= 0.3 is 0 Å². The Hall–Kier alpha value is -2.62. The van der Waals surface area contributed by atoms with Gasteiger partial charge in [-0.25, -0.2) is 4.98 Å². The molecule has 23 heavy (non-hydrogen) atoms. The minimum absolute atomic E-state index is 0.0214. The number of hydrogen-bond acceptors (Lipinski definition) is 3. The Kier molecular flexibility index (Phi) is 4.42. The van der Waals surface area contributed by atoms with Gasteiger partial charge < -0.3 is 4.74 Å². The van der Waals surface area contributed by atoms with E-state index in [0.29, 0.717) is 5.39 Å². The van der Waals surface area contributed by atoms with Crippen LogP contribution in [0.5, 0.6) is 5.75 Å². The molecule has 3 rings (SSSR count). The van der Waals surface area contributed by atoms with Gasteiger partial charge in [-0.3, -0.25) is 9.36 Å². The van der Waals surface area contributed by atoms with Crippen molar-refractivity contribution in [1.29, 1.82) is 0 Å². The molecule has 2 aromatic carbocycles. The molecule has 0 atom stereocenters. The maximum absolute atomic E-state index is 13.0. The zero-order chi connectivity index (χ0) is 16.2. The predicted octanol–water partition coefficient (Wildman–Crippen LogP) is 3.74. The Balaban J connectivity index is 2.22. The number of rotatable bonds is 5. The zero-order valence-corrected chi connectivity index (χ0v) is 13.5. The highest BCUT2D eigenvalue weighted by Crippen LogP contribution is 2.17. The quantitative estimate of drug-likeness (QED) is 0.721. The third-order valence-corrected chi connectivity index (χ3v) is 3.93. The van der Waals surface area contributed by atoms with E-state index in [1.807, 2.05) is 48.5 Å². The number of para-hydroxylation sites is 1. The first-order chi connectivity index (χ1) is 11.2. The summed E-state index contributed by atoms with van der Waals surface area (Å²) in [5.74, 6) is 1.58. The Morgan fingerprint density at radius 1 is 1.09 bits per heavy atom. The summed E-state index contributed by atoms with van der Waals surface area (Å²) in [4.78, 5) is 17.7. The molecule has 118 valence electrons. The van der Waals surface area contributed by atoms with Gasteiger partial charge in [-0.05, 0) is 42.8 Å². The molecule has 0 aliphatic heterocycles. The minimum atomic E-state index is -0.0214. The van der Waals surface area contributed by atoms with E-state index in [-0.39, 0.29) is 5.56 Å². The highest BCUT2D eigenvalue weighted by molar-refractivity contribution is 5.77. The predicted molar refractivity (Wildman–Crippen MR) is 92.5 cm³/mol. The Morgan fingerprint density at radius 3 is 2.52 bits per heavy atom. The molecule has 4 nitrogen and oxygen atoms in total. The van der Waals surface area contributed by atoms with Gasteiger partial charge in [-0.1, -0.05) is 25.5 Å². The average molecular weight is 308 g/mol. The van der Waals surface area contributed by atoms with Crippen LogP contribution in [0.15, 0.2) is 53.3 Å². The van der Waals surface area contributed by atoms with E-state index >= 15 is 0 Å². The van der Waals surface area contributed by atoms with E-state index in [9.17, 15) is 4.79 Å². The third kappa shape index (κ3) is 2.97. The second kappa shape index (κ2) is 6.65. The molecule has 0 bridgehead atoms. The van der Waals surface area contributed by atoms with Crippen LogP contribution < -0.4 is 10.3 Å². The van der Waals surface area contributed by atoms with Gasteiger partial charge in [-0.15, -0.1) is 0 Å². The van der Waals surface area contributed by atoms with Gasteiger partial charge in [0.1, 0.15) is 11.6 Å². The molecular formula is C19H20N2O2. The van der Waals surface area contributed by atoms with Crippen molar-refractivity contribution in [3.05, 3.63) is 64.7 Å². The first-order valence-corrected chi connectivity index (χ1v) is 7.89. The standard InChI is InChI=1S/C19H20N2O2/c1-3-4-9-18-20-17-8-6-5-7-16(17)19(22)21(18)14-10-12-15(23-2)13-11-14/h5-8,10-13H,3-4,9H2,1-2H3. The molecule has 0 N–H and O–H groups in total. The maximum atomic E-state index is 13.0. The van der Waals surface area contributed by atoms with Gasteiger partial charge in [0.05, 0.1) is 23.7 Å². The summed E-state index contributed by atoms with van der Waals surface area (Å²) in [6.45, 7) is 2.14. The number of aromatic nitrogens is 2. The van der Waals surface area contributed by atoms with Crippen LogP contribution in [-0.4, -0.2) is 16.7 Å². The molecule has 3 aromatic rings. The number of hydrogen-bond donors (Lipinski definition) is 0. The van der Waals surface area contributed by atoms with Crippen molar-refractivity contribution in [3.63, 3.8) is 0 Å². The molecule has 0 aliphatic rings. The second-order valence-corrected chi connectivity index (χ2v) is 5.49. The molecule has 0 radical (unpaired) electrons. The molecule has 0 saturated carbocycles. The van der Waals surface area contributed by atoms with Crippen LogP contribution in [0.2, 0.25) is 0 Å². The third-order valence-electron chi connectivity index (χ3n) is 3.93. The van der Waals surface area contributed by atoms with Crippen LogP contribution in [0.4, 0.5) is 0 Å². The first kappa shape index (κ1) is 15.3. The summed E-state index contributed by atoms with van der Waals surface area (Å²) in [6.07, 6.45) is 2.84. The lowest BCUT2D eigenvalue weighted by molar-refractivity contribution is 0.414. The summed E-state index contributed by atoms with van der Waals surface area (Å²) in [6, 6.07) is 15.0. The lowest BCUT2D eigenvalue weighted by atomic mass is 10.2. The number of methoxy groups -OCH3 is 1. The van der Waals surface area contributed by atoms with Crippen molar-refractivity contribution in [2.24, 2.45) is 0 Å². The Labute approximate surface area is 135 Å². The van der Waals surface area contributed by atoms with E-state index in [1.165, 1.54) is 0 Å². The minimum Gasteiger partial charge on any atom is -0.497 e. The fraction of sp³-hybridized carbons (Fsp3) is 0.263. The van der Waals surface area contributed by atoms with E-state index in [1.54, 1.807) is 11.7 Å². The molecule has 4 heteroatoms. The monoisotopic (exact) mass is 308 g/mol. The number of ether oxygens (including phenoxy) is 1. The smallest absolute Gasteiger partial charge is 0.265 e. The lowest BCUT2D eigenvalue weighted by Gasteiger charge is -2.14. The second-order valence-electron chi connectivity index (χ2n) is 5.49. The molecule has 0 fully saturated rings. The van der Waals surface area contributed by atoms with Crippen molar-refractivity contribution in [2.75, 3.05) is 7.11 Å². The first-order valence-electron chi connectivity index (χ1n) is 7.89. The lowest BCUT2D eigenvalue weighted by Crippen LogP contribution is -2.24. The maximum Gasteiger partial charge on any atom is 0.265 e. The molecule has 0 amide bonds. The topological polar surface area (TPSA) is 44.1 Å². The normalized spacial score (nSPS) is 10.9. The fourth-order valence-corrected chi connectivity index (χ4v) is 2.68. The van der Waals surface area contributed by atoms with E-state index in [4.69, 9.17) is 9.72 Å². The number of benzene rings is 2. The van der Waals surface area contributed by atoms with E-state index in [0.717, 1.165) is 42.0 Å². The van der Waals surface area contributed by atoms with Crippen molar-refractivity contribution in [1.82, 2.24) is 9.55 Å². The molecule has 0 spiro atoms. The summed E-state index contributed by atoms with van der Waals surface area (Å²) < 4.78 is 6.92. The van der Waals surface area contributed by atoms with Gasteiger partial charge in [0.25, 0.3) is 5.56 Å². The van der Waals surface area contributed by atoms with Crippen LogP contribution in [0.25, 0.3) is 16.6 Å². The number of fused-ring (bicyclic) bond motifs is 1. The fourth-order valence-electron chi connectivity index (χ4n) is 2.68. The van der Waals surface area contributed by atoms with Crippen LogP contribution in [0.3, 0.4) is 0 Å². The largest absolute Gasteiger partial charge is 0.497 e. The van der Waals surface area contributed by atoms with Gasteiger partial charge in [0.15, 0.2) is 0 Å². The van der Waals surface area contributed by atoms with Gasteiger partial charge in [0, 0.05) is 6.42 Å². The molecular weight excluding hydrogens is 288 g/mol.